The molecule has 3 nitrogen and oxygen atoms in total. The highest BCUT2D eigenvalue weighted by Gasteiger charge is 2.19. The van der Waals surface area contributed by atoms with Gasteiger partial charge in [0.1, 0.15) is 0 Å². The standard InChI is InChI=1S/C9H10ClN.C8H9N.CH5N/c1-9(10,11-2)8-6-4-3-5-7-8;1-9-7-8-5-3-2-4-6-8;1-2/h3-7H,2H2,1H3;2-6H,1,7H2;2H2,1H3. The van der Waals surface area contributed by atoms with Crippen molar-refractivity contribution >= 4 is 25.0 Å². The Morgan fingerprint density at radius 1 is 0.955 bits per heavy atom. The number of benzene rings is 2. The minimum Gasteiger partial charge on any atom is -0.333 e. The van der Waals surface area contributed by atoms with Crippen LogP contribution >= 0.6 is 11.6 Å². The van der Waals surface area contributed by atoms with Crippen LogP contribution in [0.1, 0.15) is 18.1 Å². The van der Waals surface area contributed by atoms with Gasteiger partial charge >= 0.3 is 0 Å². The lowest BCUT2D eigenvalue weighted by atomic mass is 10.1. The summed E-state index contributed by atoms with van der Waals surface area (Å²) in [6, 6.07) is 19.7. The Bertz CT molecular complexity index is 525. The number of alkyl halides is 1. The first kappa shape index (κ1) is 20.0. The molecule has 2 rings (SSSR count). The third kappa shape index (κ3) is 7.72. The van der Waals surface area contributed by atoms with Crippen LogP contribution in [-0.4, -0.2) is 20.5 Å². The molecule has 1 unspecified atom stereocenters. The Balaban J connectivity index is 0.000000366. The number of aliphatic imine (C=N–C) groups is 2. The first-order chi connectivity index (χ1) is 10.6. The zero-order chi connectivity index (χ0) is 16.8. The summed E-state index contributed by atoms with van der Waals surface area (Å²) in [6.07, 6.45) is 0. The SMILES string of the molecule is C=NC(C)(Cl)c1ccccc1.C=NCc1ccccc1.CN. The molecule has 0 radical (unpaired) electrons. The quantitative estimate of drug-likeness (QED) is 0.511. The molecule has 1 atom stereocenters. The minimum atomic E-state index is -0.679. The molecular weight excluding hydrogens is 294 g/mol. The Hall–Kier alpha value is -1.97. The van der Waals surface area contributed by atoms with Gasteiger partial charge in [0.2, 0.25) is 0 Å². The highest BCUT2D eigenvalue weighted by molar-refractivity contribution is 6.23. The predicted molar refractivity (Wildman–Crippen MR) is 99.0 cm³/mol. The number of nitrogens with two attached hydrogens (primary N) is 1. The second-order valence-electron chi connectivity index (χ2n) is 4.34. The van der Waals surface area contributed by atoms with Gasteiger partial charge in [-0.25, -0.2) is 0 Å². The Kier molecular flexibility index (Phi) is 10.6. The van der Waals surface area contributed by atoms with E-state index in [1.807, 2.05) is 67.6 Å². The van der Waals surface area contributed by atoms with Gasteiger partial charge in [-0.2, -0.15) is 0 Å². The largest absolute Gasteiger partial charge is 0.333 e. The molecule has 4 heteroatoms. The van der Waals surface area contributed by atoms with E-state index >= 15 is 0 Å². The number of rotatable bonds is 4. The van der Waals surface area contributed by atoms with Gasteiger partial charge in [0, 0.05) is 0 Å². The molecule has 2 aromatic carbocycles. The fourth-order valence-corrected chi connectivity index (χ4v) is 1.67. The van der Waals surface area contributed by atoms with E-state index in [2.05, 4.69) is 29.2 Å². The Morgan fingerprint density at radius 3 is 1.82 bits per heavy atom. The fraction of sp³-hybridized carbons (Fsp3) is 0.222. The van der Waals surface area contributed by atoms with E-state index in [1.54, 1.807) is 0 Å². The molecule has 0 heterocycles. The van der Waals surface area contributed by atoms with E-state index in [4.69, 9.17) is 11.6 Å². The van der Waals surface area contributed by atoms with Crippen molar-refractivity contribution in [2.45, 2.75) is 18.5 Å². The molecule has 0 saturated heterocycles. The van der Waals surface area contributed by atoms with E-state index in [0.717, 1.165) is 12.1 Å². The maximum Gasteiger partial charge on any atom is 0.155 e. The van der Waals surface area contributed by atoms with Gasteiger partial charge in [-0.05, 0) is 38.5 Å². The molecule has 2 N–H and O–H groups in total. The highest BCUT2D eigenvalue weighted by atomic mass is 35.5. The molecule has 0 aliphatic heterocycles. The summed E-state index contributed by atoms with van der Waals surface area (Å²) >= 11 is 6.02. The van der Waals surface area contributed by atoms with E-state index in [0.29, 0.717) is 0 Å². The normalized spacial score (nSPS) is 11.6. The molecule has 118 valence electrons. The molecule has 0 bridgehead atoms. The zero-order valence-corrected chi connectivity index (χ0v) is 14.0. The third-order valence-electron chi connectivity index (χ3n) is 2.73. The van der Waals surface area contributed by atoms with Gasteiger partial charge in [0.25, 0.3) is 0 Å². The van der Waals surface area contributed by atoms with Crippen molar-refractivity contribution in [1.82, 2.24) is 0 Å². The molecule has 22 heavy (non-hydrogen) atoms. The summed E-state index contributed by atoms with van der Waals surface area (Å²) in [4.78, 5) is 6.88. The van der Waals surface area contributed by atoms with Crippen LogP contribution in [0.15, 0.2) is 70.6 Å². The first-order valence-corrected chi connectivity index (χ1v) is 7.24. The second-order valence-corrected chi connectivity index (χ2v) is 5.08. The lowest BCUT2D eigenvalue weighted by Gasteiger charge is -2.15. The summed E-state index contributed by atoms with van der Waals surface area (Å²) in [5, 5.41) is 0. The third-order valence-corrected chi connectivity index (χ3v) is 3.07. The predicted octanol–water partition coefficient (Wildman–Crippen LogP) is 4.26. The van der Waals surface area contributed by atoms with Gasteiger partial charge in [-0.1, -0.05) is 72.3 Å². The van der Waals surface area contributed by atoms with Crippen molar-refractivity contribution in [1.29, 1.82) is 0 Å². The van der Waals surface area contributed by atoms with Gasteiger partial charge < -0.3 is 5.73 Å². The van der Waals surface area contributed by atoms with Crippen LogP contribution in [0.4, 0.5) is 0 Å². The average Bonchev–Trinajstić information content (AvgIpc) is 2.59. The number of nitrogens with zero attached hydrogens (tertiary/aromatic N) is 2. The van der Waals surface area contributed by atoms with Gasteiger partial charge in [-0.3, -0.25) is 9.98 Å². The monoisotopic (exact) mass is 317 g/mol. The summed E-state index contributed by atoms with van der Waals surface area (Å²) in [6.45, 7) is 9.37. The van der Waals surface area contributed by atoms with Crippen LogP contribution in [-0.2, 0) is 11.5 Å². The van der Waals surface area contributed by atoms with E-state index in [9.17, 15) is 0 Å². The lowest BCUT2D eigenvalue weighted by molar-refractivity contribution is 0.731. The van der Waals surface area contributed by atoms with E-state index in [1.165, 1.54) is 12.6 Å². The number of halogens is 1. The van der Waals surface area contributed by atoms with E-state index < -0.39 is 5.00 Å². The molecular formula is C18H24ClN3. The average molecular weight is 318 g/mol. The maximum absolute atomic E-state index is 6.02. The number of hydrogen-bond acceptors (Lipinski definition) is 3. The van der Waals surface area contributed by atoms with Crippen molar-refractivity contribution in [3.63, 3.8) is 0 Å². The zero-order valence-electron chi connectivity index (χ0n) is 13.2. The van der Waals surface area contributed by atoms with Crippen molar-refractivity contribution in [2.75, 3.05) is 7.05 Å². The smallest absolute Gasteiger partial charge is 0.155 e. The van der Waals surface area contributed by atoms with Crippen LogP contribution in [0.5, 0.6) is 0 Å². The van der Waals surface area contributed by atoms with Crippen molar-refractivity contribution < 1.29 is 0 Å². The van der Waals surface area contributed by atoms with Crippen LogP contribution < -0.4 is 5.73 Å². The Labute approximate surface area is 138 Å². The molecule has 2 aromatic rings. The van der Waals surface area contributed by atoms with Gasteiger partial charge in [-0.15, -0.1) is 0 Å². The summed E-state index contributed by atoms with van der Waals surface area (Å²) in [5.41, 5.74) is 6.68. The molecule has 0 aliphatic carbocycles. The van der Waals surface area contributed by atoms with Crippen LogP contribution in [0.3, 0.4) is 0 Å². The Morgan fingerprint density at radius 2 is 1.41 bits per heavy atom. The molecule has 0 aliphatic rings. The second kappa shape index (κ2) is 11.7. The van der Waals surface area contributed by atoms with Crippen molar-refractivity contribution in [2.24, 2.45) is 15.7 Å². The van der Waals surface area contributed by atoms with Gasteiger partial charge in [0.15, 0.2) is 5.00 Å². The molecule has 0 amide bonds. The lowest BCUT2D eigenvalue weighted by Crippen LogP contribution is -2.08. The topological polar surface area (TPSA) is 50.7 Å². The number of hydrogen-bond donors (Lipinski definition) is 1. The summed E-state index contributed by atoms with van der Waals surface area (Å²) in [5.74, 6) is 0. The minimum absolute atomic E-state index is 0.679. The molecule has 0 spiro atoms. The molecule has 0 saturated carbocycles. The summed E-state index contributed by atoms with van der Waals surface area (Å²) in [7, 11) is 1.50. The van der Waals surface area contributed by atoms with Crippen LogP contribution in [0.2, 0.25) is 0 Å². The van der Waals surface area contributed by atoms with Gasteiger partial charge in [0.05, 0.1) is 6.54 Å². The first-order valence-electron chi connectivity index (χ1n) is 6.86. The van der Waals surface area contributed by atoms with E-state index in [-0.39, 0.29) is 0 Å². The molecule has 0 aromatic heterocycles. The van der Waals surface area contributed by atoms with Crippen molar-refractivity contribution in [3.8, 4) is 0 Å². The van der Waals surface area contributed by atoms with Crippen molar-refractivity contribution in [3.05, 3.63) is 71.8 Å². The van der Waals surface area contributed by atoms with Crippen LogP contribution in [0.25, 0.3) is 0 Å². The fourth-order valence-electron chi connectivity index (χ4n) is 1.55. The molecule has 0 fully saturated rings. The highest BCUT2D eigenvalue weighted by Crippen LogP contribution is 2.28. The maximum atomic E-state index is 6.02. The van der Waals surface area contributed by atoms with Crippen LogP contribution in [0, 0.1) is 0 Å². The summed E-state index contributed by atoms with van der Waals surface area (Å²) < 4.78 is 0.